The Morgan fingerprint density at radius 3 is 2.40 bits per heavy atom. The lowest BCUT2D eigenvalue weighted by atomic mass is 9.83. The summed E-state index contributed by atoms with van der Waals surface area (Å²) in [5.74, 6) is 5.59. The van der Waals surface area contributed by atoms with Gasteiger partial charge in [0.05, 0.1) is 6.04 Å². The molecule has 1 rings (SSSR count). The predicted molar refractivity (Wildman–Crippen MR) is 68.7 cm³/mol. The monoisotopic (exact) mass is 290 g/mol. The number of hydrogen-bond acceptors (Lipinski definition) is 2. The van der Waals surface area contributed by atoms with Crippen molar-refractivity contribution in [2.45, 2.75) is 26.8 Å². The summed E-state index contributed by atoms with van der Waals surface area (Å²) < 4.78 is 0.980. The molecule has 0 heterocycles. The minimum atomic E-state index is 0.0467. The van der Waals surface area contributed by atoms with Crippen molar-refractivity contribution >= 4 is 27.5 Å². The van der Waals surface area contributed by atoms with Crippen molar-refractivity contribution in [3.05, 3.63) is 33.3 Å². The van der Waals surface area contributed by atoms with Crippen molar-refractivity contribution < 1.29 is 0 Å². The molecule has 0 amide bonds. The molecule has 3 N–H and O–H groups in total. The van der Waals surface area contributed by atoms with E-state index in [0.717, 1.165) is 15.1 Å². The van der Waals surface area contributed by atoms with E-state index in [4.69, 9.17) is 17.4 Å². The number of hydrogen-bond donors (Lipinski definition) is 2. The first-order valence-corrected chi connectivity index (χ1v) is 5.94. The summed E-state index contributed by atoms with van der Waals surface area (Å²) in [4.78, 5) is 0. The number of nitrogens with two attached hydrogens (primary N) is 1. The van der Waals surface area contributed by atoms with Gasteiger partial charge in [0.2, 0.25) is 0 Å². The van der Waals surface area contributed by atoms with Crippen molar-refractivity contribution in [3.63, 3.8) is 0 Å². The van der Waals surface area contributed by atoms with Crippen LogP contribution in [0.25, 0.3) is 0 Å². The van der Waals surface area contributed by atoms with Gasteiger partial charge in [-0.05, 0) is 23.1 Å². The van der Waals surface area contributed by atoms with Crippen LogP contribution in [0.1, 0.15) is 32.4 Å². The molecule has 1 unspecified atom stereocenters. The molecular formula is C11H16BrClN2. The highest BCUT2D eigenvalue weighted by Crippen LogP contribution is 2.36. The Balaban J connectivity index is 3.13. The fourth-order valence-electron chi connectivity index (χ4n) is 1.54. The second kappa shape index (κ2) is 4.83. The summed E-state index contributed by atoms with van der Waals surface area (Å²) in [6.07, 6.45) is 0. The van der Waals surface area contributed by atoms with Gasteiger partial charge in [-0.15, -0.1) is 0 Å². The Morgan fingerprint density at radius 2 is 2.00 bits per heavy atom. The third-order valence-corrected chi connectivity index (χ3v) is 3.23. The normalized spacial score (nSPS) is 14.0. The summed E-state index contributed by atoms with van der Waals surface area (Å²) in [7, 11) is 0. The highest BCUT2D eigenvalue weighted by Gasteiger charge is 2.26. The van der Waals surface area contributed by atoms with Crippen LogP contribution in [0, 0.1) is 5.41 Å². The van der Waals surface area contributed by atoms with Crippen LogP contribution in [-0.4, -0.2) is 0 Å². The fraction of sp³-hybridized carbons (Fsp3) is 0.455. The minimum Gasteiger partial charge on any atom is -0.271 e. The number of hydrazine groups is 1. The van der Waals surface area contributed by atoms with Crippen molar-refractivity contribution in [2.24, 2.45) is 11.3 Å². The van der Waals surface area contributed by atoms with E-state index in [0.29, 0.717) is 0 Å². The molecule has 1 aromatic rings. The van der Waals surface area contributed by atoms with Crippen LogP contribution >= 0.6 is 27.5 Å². The summed E-state index contributed by atoms with van der Waals surface area (Å²) in [6.45, 7) is 6.41. The number of rotatable bonds is 2. The summed E-state index contributed by atoms with van der Waals surface area (Å²) >= 11 is 9.40. The van der Waals surface area contributed by atoms with E-state index >= 15 is 0 Å². The van der Waals surface area contributed by atoms with Gasteiger partial charge >= 0.3 is 0 Å². The number of nitrogens with one attached hydrogen (secondary N) is 1. The van der Waals surface area contributed by atoms with Gasteiger partial charge in [-0.1, -0.05) is 54.4 Å². The summed E-state index contributed by atoms with van der Waals surface area (Å²) in [5.41, 5.74) is 4.01. The Bertz CT molecular complexity index is 347. The zero-order valence-corrected chi connectivity index (χ0v) is 11.5. The van der Waals surface area contributed by atoms with Crippen LogP contribution < -0.4 is 11.3 Å². The molecule has 0 spiro atoms. The molecule has 0 radical (unpaired) electrons. The maximum absolute atomic E-state index is 5.90. The number of benzene rings is 1. The third-order valence-electron chi connectivity index (χ3n) is 2.31. The van der Waals surface area contributed by atoms with E-state index < -0.39 is 0 Å². The smallest absolute Gasteiger partial charge is 0.0519 e. The van der Waals surface area contributed by atoms with E-state index in [1.807, 2.05) is 18.2 Å². The molecule has 15 heavy (non-hydrogen) atoms. The number of halogens is 2. The van der Waals surface area contributed by atoms with Crippen molar-refractivity contribution in [1.29, 1.82) is 0 Å². The molecule has 0 fully saturated rings. The van der Waals surface area contributed by atoms with E-state index in [9.17, 15) is 0 Å². The Kier molecular flexibility index (Phi) is 4.18. The van der Waals surface area contributed by atoms with Gasteiger partial charge in [0.15, 0.2) is 0 Å². The maximum atomic E-state index is 5.90. The summed E-state index contributed by atoms with van der Waals surface area (Å²) in [5, 5.41) is 0.718. The molecule has 0 bridgehead atoms. The lowest BCUT2D eigenvalue weighted by molar-refractivity contribution is 0.275. The van der Waals surface area contributed by atoms with Crippen molar-refractivity contribution in [3.8, 4) is 0 Å². The topological polar surface area (TPSA) is 38.0 Å². The van der Waals surface area contributed by atoms with Gasteiger partial charge in [-0.2, -0.15) is 0 Å². The molecule has 1 aromatic carbocycles. The van der Waals surface area contributed by atoms with Crippen LogP contribution in [0.15, 0.2) is 22.7 Å². The van der Waals surface area contributed by atoms with Crippen LogP contribution in [-0.2, 0) is 0 Å². The van der Waals surface area contributed by atoms with Crippen LogP contribution in [0.2, 0.25) is 5.02 Å². The molecule has 2 nitrogen and oxygen atoms in total. The van der Waals surface area contributed by atoms with E-state index in [1.165, 1.54) is 0 Å². The second-order valence-corrected chi connectivity index (χ2v) is 5.92. The standard InChI is InChI=1S/C11H16BrClN2/c1-11(2,3)10(15-14)8-5-4-7(13)6-9(8)12/h4-6,10,15H,14H2,1-3H3. The van der Waals surface area contributed by atoms with E-state index in [1.54, 1.807) is 0 Å². The lowest BCUT2D eigenvalue weighted by Gasteiger charge is -2.31. The van der Waals surface area contributed by atoms with Gasteiger partial charge < -0.3 is 0 Å². The Hall–Kier alpha value is -0.0900. The zero-order valence-electron chi connectivity index (χ0n) is 9.14. The molecule has 84 valence electrons. The predicted octanol–water partition coefficient (Wildman–Crippen LogP) is 3.65. The molecule has 0 saturated carbocycles. The molecule has 0 aliphatic rings. The van der Waals surface area contributed by atoms with Gasteiger partial charge in [0, 0.05) is 9.50 Å². The maximum Gasteiger partial charge on any atom is 0.0519 e. The van der Waals surface area contributed by atoms with Crippen molar-refractivity contribution in [2.75, 3.05) is 0 Å². The Morgan fingerprint density at radius 1 is 1.40 bits per heavy atom. The highest BCUT2D eigenvalue weighted by atomic mass is 79.9. The average Bonchev–Trinajstić information content (AvgIpc) is 2.07. The zero-order chi connectivity index (χ0) is 11.6. The largest absolute Gasteiger partial charge is 0.271 e. The molecule has 0 saturated heterocycles. The van der Waals surface area contributed by atoms with E-state index in [-0.39, 0.29) is 11.5 Å². The quantitative estimate of drug-likeness (QED) is 0.645. The Labute approximate surface area is 104 Å². The van der Waals surface area contributed by atoms with Gasteiger partial charge in [-0.3, -0.25) is 11.3 Å². The van der Waals surface area contributed by atoms with Crippen LogP contribution in [0.3, 0.4) is 0 Å². The third kappa shape index (κ3) is 3.18. The molecule has 4 heteroatoms. The summed E-state index contributed by atoms with van der Waals surface area (Å²) in [6, 6.07) is 5.83. The molecular weight excluding hydrogens is 275 g/mol. The van der Waals surface area contributed by atoms with Gasteiger partial charge in [0.25, 0.3) is 0 Å². The first-order chi connectivity index (χ1) is 6.86. The van der Waals surface area contributed by atoms with E-state index in [2.05, 4.69) is 42.1 Å². The second-order valence-electron chi connectivity index (χ2n) is 4.63. The molecule has 0 aliphatic heterocycles. The molecule has 0 aliphatic carbocycles. The average molecular weight is 292 g/mol. The molecule has 1 atom stereocenters. The SMILES string of the molecule is CC(C)(C)C(NN)c1ccc(Cl)cc1Br. The minimum absolute atomic E-state index is 0.0467. The van der Waals surface area contributed by atoms with Gasteiger partial charge in [-0.25, -0.2) is 0 Å². The first kappa shape index (κ1) is 13.0. The van der Waals surface area contributed by atoms with Crippen LogP contribution in [0.5, 0.6) is 0 Å². The van der Waals surface area contributed by atoms with Crippen molar-refractivity contribution in [1.82, 2.24) is 5.43 Å². The first-order valence-electron chi connectivity index (χ1n) is 4.77. The molecule has 0 aromatic heterocycles. The lowest BCUT2D eigenvalue weighted by Crippen LogP contribution is -2.37. The fourth-order valence-corrected chi connectivity index (χ4v) is 2.45. The van der Waals surface area contributed by atoms with Gasteiger partial charge in [0.1, 0.15) is 0 Å². The van der Waals surface area contributed by atoms with Crippen LogP contribution in [0.4, 0.5) is 0 Å². The highest BCUT2D eigenvalue weighted by molar-refractivity contribution is 9.10.